The van der Waals surface area contributed by atoms with Crippen LogP contribution in [0.3, 0.4) is 0 Å². The average Bonchev–Trinajstić information content (AvgIpc) is 2.56. The zero-order valence-electron chi connectivity index (χ0n) is 11.7. The van der Waals surface area contributed by atoms with Crippen molar-refractivity contribution in [1.29, 1.82) is 0 Å². The first-order valence-corrected chi connectivity index (χ1v) is 6.85. The molecule has 0 atom stereocenters. The van der Waals surface area contributed by atoms with Crippen LogP contribution in [-0.2, 0) is 0 Å². The molecule has 1 N–H and O–H groups in total. The summed E-state index contributed by atoms with van der Waals surface area (Å²) in [5.74, 6) is 1.63. The maximum absolute atomic E-state index is 5.89. The molecule has 3 rings (SSSR count). The summed E-state index contributed by atoms with van der Waals surface area (Å²) in [5, 5.41) is 3.50. The van der Waals surface area contributed by atoms with Gasteiger partial charge in [-0.25, -0.2) is 15.0 Å². The molecule has 1 aromatic carbocycles. The Balaban J connectivity index is 1.91. The molecule has 22 heavy (non-hydrogen) atoms. The van der Waals surface area contributed by atoms with Gasteiger partial charge < -0.3 is 10.1 Å². The van der Waals surface area contributed by atoms with Gasteiger partial charge in [0.1, 0.15) is 17.2 Å². The van der Waals surface area contributed by atoms with Gasteiger partial charge in [-0.1, -0.05) is 23.7 Å². The van der Waals surface area contributed by atoms with E-state index in [1.807, 2.05) is 24.3 Å². The molecule has 110 valence electrons. The second kappa shape index (κ2) is 6.36. The molecular formula is C15H12ClN5O. The number of ether oxygens (including phenoxy) is 1. The van der Waals surface area contributed by atoms with Gasteiger partial charge in [0, 0.05) is 11.8 Å². The fraction of sp³-hybridized carbons (Fsp3) is 0.0667. The van der Waals surface area contributed by atoms with Crippen molar-refractivity contribution >= 4 is 23.2 Å². The first kappa shape index (κ1) is 14.2. The van der Waals surface area contributed by atoms with Crippen molar-refractivity contribution in [1.82, 2.24) is 19.9 Å². The highest BCUT2D eigenvalue weighted by molar-refractivity contribution is 6.29. The first-order valence-electron chi connectivity index (χ1n) is 6.47. The smallest absolute Gasteiger partial charge is 0.230 e. The molecule has 0 fully saturated rings. The van der Waals surface area contributed by atoms with Crippen molar-refractivity contribution in [2.75, 3.05) is 12.4 Å². The summed E-state index contributed by atoms with van der Waals surface area (Å²) in [7, 11) is 1.61. The van der Waals surface area contributed by atoms with Crippen LogP contribution < -0.4 is 10.1 Å². The van der Waals surface area contributed by atoms with E-state index in [1.165, 1.54) is 6.33 Å². The van der Waals surface area contributed by atoms with Crippen LogP contribution in [0, 0.1) is 0 Å². The van der Waals surface area contributed by atoms with Crippen LogP contribution in [0.5, 0.6) is 5.75 Å². The van der Waals surface area contributed by atoms with Gasteiger partial charge >= 0.3 is 0 Å². The zero-order valence-corrected chi connectivity index (χ0v) is 12.4. The minimum absolute atomic E-state index is 0.386. The van der Waals surface area contributed by atoms with Crippen molar-refractivity contribution in [2.45, 2.75) is 0 Å². The van der Waals surface area contributed by atoms with Gasteiger partial charge in [0.25, 0.3) is 0 Å². The molecule has 2 aromatic heterocycles. The van der Waals surface area contributed by atoms with Gasteiger partial charge in [0.05, 0.1) is 12.8 Å². The number of rotatable bonds is 4. The normalized spacial score (nSPS) is 10.3. The lowest BCUT2D eigenvalue weighted by atomic mass is 10.2. The van der Waals surface area contributed by atoms with Gasteiger partial charge in [-0.15, -0.1) is 0 Å². The maximum atomic E-state index is 5.89. The number of aromatic nitrogens is 4. The second-order valence-corrected chi connectivity index (χ2v) is 4.71. The molecule has 0 saturated heterocycles. The predicted molar refractivity (Wildman–Crippen MR) is 84.3 cm³/mol. The Labute approximate surface area is 132 Å². The SMILES string of the molecule is COc1ccccc1Nc1ncnc(-c2ccnc(Cl)c2)n1. The van der Waals surface area contributed by atoms with Gasteiger partial charge in [-0.05, 0) is 24.3 Å². The third-order valence-electron chi connectivity index (χ3n) is 2.91. The Morgan fingerprint density at radius 1 is 1.09 bits per heavy atom. The van der Waals surface area contributed by atoms with Gasteiger partial charge in [-0.2, -0.15) is 4.98 Å². The molecule has 6 nitrogen and oxygen atoms in total. The van der Waals surface area contributed by atoms with E-state index < -0.39 is 0 Å². The number of pyridine rings is 1. The Hall–Kier alpha value is -2.73. The number of anilines is 2. The number of nitrogens with one attached hydrogen (secondary N) is 1. The molecular weight excluding hydrogens is 302 g/mol. The molecule has 0 saturated carbocycles. The van der Waals surface area contributed by atoms with E-state index in [0.717, 1.165) is 11.3 Å². The Kier molecular flexibility index (Phi) is 4.11. The number of hydrogen-bond donors (Lipinski definition) is 1. The van der Waals surface area contributed by atoms with Crippen LogP contribution in [0.1, 0.15) is 0 Å². The van der Waals surface area contributed by atoms with Crippen LogP contribution in [0.15, 0.2) is 48.9 Å². The summed E-state index contributed by atoms with van der Waals surface area (Å²) in [6.07, 6.45) is 3.04. The first-order chi connectivity index (χ1) is 10.8. The van der Waals surface area contributed by atoms with E-state index in [4.69, 9.17) is 16.3 Å². The minimum atomic E-state index is 0.386. The molecule has 0 spiro atoms. The lowest BCUT2D eigenvalue weighted by Gasteiger charge is -2.09. The molecule has 0 amide bonds. The largest absolute Gasteiger partial charge is 0.495 e. The number of nitrogens with zero attached hydrogens (tertiary/aromatic N) is 4. The van der Waals surface area contributed by atoms with E-state index in [1.54, 1.807) is 25.4 Å². The monoisotopic (exact) mass is 313 g/mol. The van der Waals surface area contributed by atoms with Crippen LogP contribution >= 0.6 is 11.6 Å². The van der Waals surface area contributed by atoms with Crippen molar-refractivity contribution in [2.24, 2.45) is 0 Å². The van der Waals surface area contributed by atoms with Crippen LogP contribution in [0.2, 0.25) is 5.15 Å². The third kappa shape index (κ3) is 3.12. The molecule has 3 aromatic rings. The van der Waals surface area contributed by atoms with E-state index in [2.05, 4.69) is 25.3 Å². The highest BCUT2D eigenvalue weighted by atomic mass is 35.5. The molecule has 0 unspecified atom stereocenters. The molecule has 0 radical (unpaired) electrons. The summed E-state index contributed by atoms with van der Waals surface area (Å²) in [6.45, 7) is 0. The van der Waals surface area contributed by atoms with E-state index in [9.17, 15) is 0 Å². The standard InChI is InChI=1S/C15H12ClN5O/c1-22-12-5-3-2-4-11(12)20-15-19-9-18-14(21-15)10-6-7-17-13(16)8-10/h2-9H,1H3,(H,18,19,20,21). The lowest BCUT2D eigenvalue weighted by Crippen LogP contribution is -2.01. The van der Waals surface area contributed by atoms with E-state index in [0.29, 0.717) is 22.7 Å². The van der Waals surface area contributed by atoms with Crippen LogP contribution in [0.25, 0.3) is 11.4 Å². The van der Waals surface area contributed by atoms with Crippen LogP contribution in [-0.4, -0.2) is 27.0 Å². The summed E-state index contributed by atoms with van der Waals surface area (Å²) >= 11 is 5.89. The fourth-order valence-electron chi connectivity index (χ4n) is 1.91. The highest BCUT2D eigenvalue weighted by Crippen LogP contribution is 2.26. The Morgan fingerprint density at radius 2 is 1.95 bits per heavy atom. The number of methoxy groups -OCH3 is 1. The van der Waals surface area contributed by atoms with Crippen LogP contribution in [0.4, 0.5) is 11.6 Å². The minimum Gasteiger partial charge on any atom is -0.495 e. The third-order valence-corrected chi connectivity index (χ3v) is 3.12. The Bertz CT molecular complexity index is 796. The maximum Gasteiger partial charge on any atom is 0.230 e. The molecule has 2 heterocycles. The number of para-hydroxylation sites is 2. The van der Waals surface area contributed by atoms with E-state index >= 15 is 0 Å². The number of benzene rings is 1. The molecule has 0 aliphatic heterocycles. The lowest BCUT2D eigenvalue weighted by molar-refractivity contribution is 0.417. The summed E-state index contributed by atoms with van der Waals surface area (Å²) in [6, 6.07) is 11.0. The van der Waals surface area contributed by atoms with E-state index in [-0.39, 0.29) is 0 Å². The number of hydrogen-bond acceptors (Lipinski definition) is 6. The summed E-state index contributed by atoms with van der Waals surface area (Å²) < 4.78 is 5.29. The Morgan fingerprint density at radius 3 is 2.77 bits per heavy atom. The van der Waals surface area contributed by atoms with Crippen molar-refractivity contribution in [3.8, 4) is 17.1 Å². The fourth-order valence-corrected chi connectivity index (χ4v) is 2.08. The van der Waals surface area contributed by atoms with Gasteiger partial charge in [0.15, 0.2) is 5.82 Å². The van der Waals surface area contributed by atoms with Crippen molar-refractivity contribution < 1.29 is 4.74 Å². The molecule has 0 aliphatic carbocycles. The summed E-state index contributed by atoms with van der Waals surface area (Å²) in [4.78, 5) is 16.6. The molecule has 7 heteroatoms. The number of halogens is 1. The molecule has 0 bridgehead atoms. The van der Waals surface area contributed by atoms with Crippen molar-refractivity contribution in [3.63, 3.8) is 0 Å². The quantitative estimate of drug-likeness (QED) is 0.745. The summed E-state index contributed by atoms with van der Waals surface area (Å²) in [5.41, 5.74) is 1.54. The molecule has 0 aliphatic rings. The zero-order chi connectivity index (χ0) is 15.4. The average molecular weight is 314 g/mol. The highest BCUT2D eigenvalue weighted by Gasteiger charge is 2.07. The second-order valence-electron chi connectivity index (χ2n) is 4.33. The van der Waals surface area contributed by atoms with Gasteiger partial charge in [-0.3, -0.25) is 0 Å². The topological polar surface area (TPSA) is 72.8 Å². The predicted octanol–water partition coefficient (Wildman–Crippen LogP) is 3.34. The van der Waals surface area contributed by atoms with Gasteiger partial charge in [0.2, 0.25) is 5.95 Å². The van der Waals surface area contributed by atoms with Crippen molar-refractivity contribution in [3.05, 3.63) is 54.1 Å².